The lowest BCUT2D eigenvalue weighted by Gasteiger charge is -2.33. The van der Waals surface area contributed by atoms with Crippen molar-refractivity contribution in [2.24, 2.45) is 0 Å². The number of para-hydroxylation sites is 1. The van der Waals surface area contributed by atoms with Crippen LogP contribution in [0.1, 0.15) is 67.4 Å². The van der Waals surface area contributed by atoms with Gasteiger partial charge in [0.2, 0.25) is 5.91 Å². The molecule has 1 N–H and O–H groups in total. The Morgan fingerprint density at radius 2 is 1.84 bits per heavy atom. The zero-order valence-corrected chi connectivity index (χ0v) is 20.0. The lowest BCUT2D eigenvalue weighted by molar-refractivity contribution is -0.134. The minimum absolute atomic E-state index is 0.0320. The van der Waals surface area contributed by atoms with Gasteiger partial charge in [-0.15, -0.1) is 11.3 Å². The molecular formula is C26H31N3O2S. The van der Waals surface area contributed by atoms with Gasteiger partial charge in [-0.1, -0.05) is 45.0 Å². The van der Waals surface area contributed by atoms with Gasteiger partial charge in [-0.3, -0.25) is 9.59 Å². The van der Waals surface area contributed by atoms with Gasteiger partial charge in [-0.2, -0.15) is 0 Å². The third-order valence-corrected chi connectivity index (χ3v) is 7.32. The molecule has 2 amide bonds. The maximum absolute atomic E-state index is 13.1. The molecule has 0 saturated carbocycles. The van der Waals surface area contributed by atoms with Gasteiger partial charge in [0, 0.05) is 24.6 Å². The van der Waals surface area contributed by atoms with Crippen LogP contribution < -0.4 is 5.32 Å². The highest BCUT2D eigenvalue weighted by molar-refractivity contribution is 7.18. The number of aromatic nitrogens is 1. The Kier molecular flexibility index (Phi) is 6.33. The third kappa shape index (κ3) is 4.85. The van der Waals surface area contributed by atoms with Crippen molar-refractivity contribution in [1.29, 1.82) is 0 Å². The Morgan fingerprint density at radius 1 is 1.12 bits per heavy atom. The number of nitrogens with zero attached hydrogens (tertiary/aromatic N) is 2. The van der Waals surface area contributed by atoms with E-state index in [1.807, 2.05) is 47.4 Å². The monoisotopic (exact) mass is 449 g/mol. The molecule has 2 heterocycles. The maximum Gasteiger partial charge on any atom is 0.251 e. The number of nitrogens with one attached hydrogen (secondary N) is 1. The van der Waals surface area contributed by atoms with E-state index in [1.165, 1.54) is 10.3 Å². The molecule has 0 unspecified atom stereocenters. The number of thiazole rings is 1. The lowest BCUT2D eigenvalue weighted by Crippen LogP contribution is -2.49. The number of likely N-dealkylation sites (tertiary alicyclic amines) is 1. The summed E-state index contributed by atoms with van der Waals surface area (Å²) in [6.45, 7) is 9.57. The van der Waals surface area contributed by atoms with Crippen LogP contribution in [0, 0.1) is 0 Å². The topological polar surface area (TPSA) is 62.3 Å². The Bertz CT molecular complexity index is 1080. The molecule has 168 valence electrons. The summed E-state index contributed by atoms with van der Waals surface area (Å²) in [7, 11) is 0. The summed E-state index contributed by atoms with van der Waals surface area (Å²) >= 11 is 1.72. The molecular weight excluding hydrogens is 418 g/mol. The highest BCUT2D eigenvalue weighted by Crippen LogP contribution is 2.33. The van der Waals surface area contributed by atoms with Gasteiger partial charge in [-0.05, 0) is 55.0 Å². The molecule has 6 heteroatoms. The first kappa shape index (κ1) is 22.5. The summed E-state index contributed by atoms with van der Waals surface area (Å²) in [6, 6.07) is 15.2. The van der Waals surface area contributed by atoms with Crippen LogP contribution >= 0.6 is 11.3 Å². The summed E-state index contributed by atoms with van der Waals surface area (Å²) in [6.07, 6.45) is 1.98. The van der Waals surface area contributed by atoms with E-state index in [9.17, 15) is 9.59 Å². The minimum Gasteiger partial charge on any atom is -0.341 e. The number of benzene rings is 2. The average Bonchev–Trinajstić information content (AvgIpc) is 3.22. The van der Waals surface area contributed by atoms with Crippen molar-refractivity contribution in [3.05, 3.63) is 64.7 Å². The largest absolute Gasteiger partial charge is 0.341 e. The van der Waals surface area contributed by atoms with E-state index in [4.69, 9.17) is 4.98 Å². The van der Waals surface area contributed by atoms with Crippen LogP contribution in [0.4, 0.5) is 0 Å². The average molecular weight is 450 g/mol. The summed E-state index contributed by atoms with van der Waals surface area (Å²) in [5, 5.41) is 3.98. The number of hydrogen-bond donors (Lipinski definition) is 1. The fourth-order valence-corrected chi connectivity index (χ4v) is 5.27. The molecule has 3 aromatic rings. The molecule has 1 aliphatic rings. The molecule has 1 fully saturated rings. The standard InChI is InChI=1S/C26H31N3O2S/c1-17(27-23(30)18-11-13-20(14-12-18)26(2,3)4)25(31)29-15-7-8-19(16-29)24-28-21-9-5-6-10-22(21)32-24/h5-6,9-14,17,19H,7-8,15-16H2,1-4H3,(H,27,30)/t17-,19+/m0/s1. The zero-order chi connectivity index (χ0) is 22.9. The quantitative estimate of drug-likeness (QED) is 0.601. The molecule has 1 aromatic heterocycles. The molecule has 0 radical (unpaired) electrons. The van der Waals surface area contributed by atoms with E-state index >= 15 is 0 Å². The number of carbonyl (C=O) groups excluding carboxylic acids is 2. The number of fused-ring (bicyclic) bond motifs is 1. The Balaban J connectivity index is 1.39. The van der Waals surface area contributed by atoms with Crippen LogP contribution in [0.2, 0.25) is 0 Å². The third-order valence-electron chi connectivity index (χ3n) is 6.12. The van der Waals surface area contributed by atoms with Gasteiger partial charge in [-0.25, -0.2) is 4.98 Å². The van der Waals surface area contributed by atoms with Gasteiger partial charge in [0.05, 0.1) is 15.2 Å². The lowest BCUT2D eigenvalue weighted by atomic mass is 9.86. The van der Waals surface area contributed by atoms with Crippen LogP contribution in [-0.4, -0.2) is 40.8 Å². The van der Waals surface area contributed by atoms with Crippen LogP contribution in [-0.2, 0) is 10.2 Å². The fourth-order valence-electron chi connectivity index (χ4n) is 4.18. The summed E-state index contributed by atoms with van der Waals surface area (Å²) < 4.78 is 1.18. The molecule has 5 nitrogen and oxygen atoms in total. The van der Waals surface area contributed by atoms with Crippen molar-refractivity contribution in [3.63, 3.8) is 0 Å². The molecule has 1 aliphatic heterocycles. The van der Waals surface area contributed by atoms with E-state index in [0.29, 0.717) is 12.1 Å². The van der Waals surface area contributed by atoms with Crippen molar-refractivity contribution in [3.8, 4) is 0 Å². The van der Waals surface area contributed by atoms with Crippen molar-refractivity contribution in [2.45, 2.75) is 57.9 Å². The fraction of sp³-hybridized carbons (Fsp3) is 0.423. The van der Waals surface area contributed by atoms with Crippen molar-refractivity contribution in [2.75, 3.05) is 13.1 Å². The Hall–Kier alpha value is -2.73. The normalized spacial score (nSPS) is 17.9. The number of hydrogen-bond acceptors (Lipinski definition) is 4. The second-order valence-corrected chi connectivity index (χ2v) is 10.7. The van der Waals surface area contributed by atoms with Crippen molar-refractivity contribution in [1.82, 2.24) is 15.2 Å². The maximum atomic E-state index is 13.1. The smallest absolute Gasteiger partial charge is 0.251 e. The summed E-state index contributed by atoms with van der Waals surface area (Å²) in [5.41, 5.74) is 2.80. The molecule has 32 heavy (non-hydrogen) atoms. The molecule has 0 spiro atoms. The van der Waals surface area contributed by atoms with Gasteiger partial charge >= 0.3 is 0 Å². The van der Waals surface area contributed by atoms with Gasteiger partial charge in [0.15, 0.2) is 0 Å². The molecule has 4 rings (SSSR count). The first-order valence-corrected chi connectivity index (χ1v) is 12.1. The van der Waals surface area contributed by atoms with Crippen molar-refractivity contribution < 1.29 is 9.59 Å². The van der Waals surface area contributed by atoms with Crippen LogP contribution in [0.25, 0.3) is 10.2 Å². The second kappa shape index (κ2) is 9.02. The van der Waals surface area contributed by atoms with Gasteiger partial charge < -0.3 is 10.2 Å². The van der Waals surface area contributed by atoms with Gasteiger partial charge in [0.25, 0.3) is 5.91 Å². The summed E-state index contributed by atoms with van der Waals surface area (Å²) in [4.78, 5) is 32.5. The number of rotatable bonds is 4. The van der Waals surface area contributed by atoms with E-state index < -0.39 is 6.04 Å². The molecule has 1 saturated heterocycles. The molecule has 0 bridgehead atoms. The van der Waals surface area contributed by atoms with E-state index in [2.05, 4.69) is 32.2 Å². The predicted molar refractivity (Wildman–Crippen MR) is 130 cm³/mol. The van der Waals surface area contributed by atoms with Gasteiger partial charge in [0.1, 0.15) is 6.04 Å². The Labute approximate surface area is 193 Å². The molecule has 0 aliphatic carbocycles. The second-order valence-electron chi connectivity index (χ2n) is 9.67. The number of piperidine rings is 1. The summed E-state index contributed by atoms with van der Waals surface area (Å²) in [5.74, 6) is -0.000501. The van der Waals surface area contributed by atoms with Crippen LogP contribution in [0.3, 0.4) is 0 Å². The van der Waals surface area contributed by atoms with Crippen LogP contribution in [0.15, 0.2) is 48.5 Å². The van der Waals surface area contributed by atoms with Crippen LogP contribution in [0.5, 0.6) is 0 Å². The first-order chi connectivity index (χ1) is 15.2. The Morgan fingerprint density at radius 3 is 2.53 bits per heavy atom. The minimum atomic E-state index is -0.570. The SMILES string of the molecule is C[C@H](NC(=O)c1ccc(C(C)(C)C)cc1)C(=O)N1CCC[C@@H](c2nc3ccccc3s2)C1. The zero-order valence-electron chi connectivity index (χ0n) is 19.2. The first-order valence-electron chi connectivity index (χ1n) is 11.3. The van der Waals surface area contributed by atoms with Crippen molar-refractivity contribution >= 4 is 33.4 Å². The van der Waals surface area contributed by atoms with E-state index in [1.54, 1.807) is 18.3 Å². The number of amides is 2. The number of carbonyl (C=O) groups is 2. The van der Waals surface area contributed by atoms with E-state index in [-0.39, 0.29) is 23.1 Å². The molecule has 2 aromatic carbocycles. The molecule has 2 atom stereocenters. The predicted octanol–water partition coefficient (Wildman–Crippen LogP) is 5.12. The highest BCUT2D eigenvalue weighted by atomic mass is 32.1. The van der Waals surface area contributed by atoms with E-state index in [0.717, 1.165) is 29.9 Å². The highest BCUT2D eigenvalue weighted by Gasteiger charge is 2.30.